The first-order chi connectivity index (χ1) is 8.84. The van der Waals surface area contributed by atoms with E-state index in [1.807, 2.05) is 0 Å². The molecule has 0 aromatic heterocycles. The van der Waals surface area contributed by atoms with Crippen LogP contribution in [0.1, 0.15) is 51.9 Å². The molecule has 3 rings (SSSR count). The number of nitrogens with one attached hydrogen (secondary N) is 1. The quantitative estimate of drug-likeness (QED) is 0.811. The first-order valence-corrected chi connectivity index (χ1v) is 7.95. The van der Waals surface area contributed by atoms with Crippen molar-refractivity contribution in [1.82, 2.24) is 10.2 Å². The Bertz CT molecular complexity index is 265. The highest BCUT2D eigenvalue weighted by atomic mass is 16.5. The van der Waals surface area contributed by atoms with Crippen LogP contribution in [0, 0.1) is 0 Å². The number of fused-ring (bicyclic) bond motifs is 1. The summed E-state index contributed by atoms with van der Waals surface area (Å²) >= 11 is 0. The summed E-state index contributed by atoms with van der Waals surface area (Å²) in [7, 11) is 0. The Morgan fingerprint density at radius 1 is 1.22 bits per heavy atom. The van der Waals surface area contributed by atoms with Gasteiger partial charge < -0.3 is 10.1 Å². The first kappa shape index (κ1) is 12.9. The zero-order valence-electron chi connectivity index (χ0n) is 11.7. The predicted octanol–water partition coefficient (Wildman–Crippen LogP) is 2.16. The van der Waals surface area contributed by atoms with Crippen molar-refractivity contribution in [3.63, 3.8) is 0 Å². The Morgan fingerprint density at radius 3 is 2.89 bits per heavy atom. The molecule has 0 aromatic rings. The van der Waals surface area contributed by atoms with E-state index in [0.29, 0.717) is 18.2 Å². The van der Waals surface area contributed by atoms with Crippen LogP contribution in [0.2, 0.25) is 0 Å². The molecule has 1 N–H and O–H groups in total. The van der Waals surface area contributed by atoms with Crippen molar-refractivity contribution in [3.8, 4) is 0 Å². The molecule has 18 heavy (non-hydrogen) atoms. The fraction of sp³-hybridized carbons (Fsp3) is 1.00. The third-order valence-corrected chi connectivity index (χ3v) is 4.91. The number of hydrogen-bond acceptors (Lipinski definition) is 3. The van der Waals surface area contributed by atoms with E-state index in [4.69, 9.17) is 4.74 Å². The molecule has 3 fully saturated rings. The Balaban J connectivity index is 1.48. The van der Waals surface area contributed by atoms with Gasteiger partial charge in [-0.2, -0.15) is 0 Å². The molecule has 0 spiro atoms. The van der Waals surface area contributed by atoms with E-state index >= 15 is 0 Å². The van der Waals surface area contributed by atoms with Crippen LogP contribution < -0.4 is 5.32 Å². The van der Waals surface area contributed by atoms with E-state index in [-0.39, 0.29) is 0 Å². The molecular formula is C15H28N2O. The van der Waals surface area contributed by atoms with Crippen molar-refractivity contribution < 1.29 is 4.74 Å². The highest BCUT2D eigenvalue weighted by molar-refractivity contribution is 4.90. The van der Waals surface area contributed by atoms with Crippen LogP contribution in [0.5, 0.6) is 0 Å². The van der Waals surface area contributed by atoms with Gasteiger partial charge in [0.05, 0.1) is 12.7 Å². The zero-order valence-corrected chi connectivity index (χ0v) is 11.7. The molecule has 3 atom stereocenters. The van der Waals surface area contributed by atoms with Gasteiger partial charge in [0.1, 0.15) is 0 Å². The van der Waals surface area contributed by atoms with Gasteiger partial charge in [0.15, 0.2) is 0 Å². The Labute approximate surface area is 111 Å². The Morgan fingerprint density at radius 2 is 2.06 bits per heavy atom. The monoisotopic (exact) mass is 252 g/mol. The molecule has 1 aliphatic heterocycles. The molecule has 0 bridgehead atoms. The summed E-state index contributed by atoms with van der Waals surface area (Å²) in [5, 5.41) is 3.64. The van der Waals surface area contributed by atoms with Crippen LogP contribution in [-0.2, 0) is 4.74 Å². The molecule has 2 saturated carbocycles. The normalized spacial score (nSPS) is 35.2. The van der Waals surface area contributed by atoms with Gasteiger partial charge in [-0.3, -0.25) is 4.90 Å². The van der Waals surface area contributed by atoms with Crippen LogP contribution in [0.15, 0.2) is 0 Å². The fourth-order valence-corrected chi connectivity index (χ4v) is 3.62. The topological polar surface area (TPSA) is 24.5 Å². The van der Waals surface area contributed by atoms with Crippen molar-refractivity contribution in [2.75, 3.05) is 19.7 Å². The lowest BCUT2D eigenvalue weighted by Crippen LogP contribution is -2.56. The van der Waals surface area contributed by atoms with Gasteiger partial charge >= 0.3 is 0 Å². The van der Waals surface area contributed by atoms with E-state index in [2.05, 4.69) is 17.1 Å². The molecule has 0 aromatic carbocycles. The third-order valence-electron chi connectivity index (χ3n) is 4.91. The lowest BCUT2D eigenvalue weighted by Gasteiger charge is -2.46. The Kier molecular flexibility index (Phi) is 4.22. The van der Waals surface area contributed by atoms with Crippen molar-refractivity contribution in [2.24, 2.45) is 0 Å². The lowest BCUT2D eigenvalue weighted by atomic mass is 9.89. The molecule has 3 aliphatic rings. The third kappa shape index (κ3) is 3.06. The van der Waals surface area contributed by atoms with Crippen molar-refractivity contribution >= 4 is 0 Å². The Hall–Kier alpha value is -0.120. The summed E-state index contributed by atoms with van der Waals surface area (Å²) < 4.78 is 5.96. The molecule has 1 saturated heterocycles. The second-order valence-corrected chi connectivity index (χ2v) is 6.36. The van der Waals surface area contributed by atoms with E-state index in [1.165, 1.54) is 51.5 Å². The minimum absolute atomic E-state index is 0.534. The van der Waals surface area contributed by atoms with Crippen LogP contribution in [0.3, 0.4) is 0 Å². The average Bonchev–Trinajstić information content (AvgIpc) is 3.22. The SMILES string of the molecule is CC(CCNC1CC1)N1CCOC2CCCCC21. The van der Waals surface area contributed by atoms with Crippen molar-refractivity contribution in [2.45, 2.75) is 76.1 Å². The summed E-state index contributed by atoms with van der Waals surface area (Å²) in [6.07, 6.45) is 10.0. The number of hydrogen-bond donors (Lipinski definition) is 1. The summed E-state index contributed by atoms with van der Waals surface area (Å²) in [5.41, 5.74) is 0. The van der Waals surface area contributed by atoms with Gasteiger partial charge in [-0.05, 0) is 45.6 Å². The summed E-state index contributed by atoms with van der Waals surface area (Å²) in [6.45, 7) is 5.69. The minimum Gasteiger partial charge on any atom is -0.375 e. The number of nitrogens with zero attached hydrogens (tertiary/aromatic N) is 1. The zero-order chi connectivity index (χ0) is 12.4. The number of rotatable bonds is 5. The molecule has 104 valence electrons. The molecule has 0 amide bonds. The largest absolute Gasteiger partial charge is 0.375 e. The average molecular weight is 252 g/mol. The maximum Gasteiger partial charge on any atom is 0.0731 e. The molecule has 2 aliphatic carbocycles. The van der Waals surface area contributed by atoms with Crippen LogP contribution in [0.25, 0.3) is 0 Å². The highest BCUT2D eigenvalue weighted by Crippen LogP contribution is 2.30. The van der Waals surface area contributed by atoms with Gasteiger partial charge in [-0.25, -0.2) is 0 Å². The standard InChI is InChI=1S/C15H28N2O/c1-12(8-9-16-13-6-7-13)17-10-11-18-15-5-3-2-4-14(15)17/h12-16H,2-11H2,1H3. The summed E-state index contributed by atoms with van der Waals surface area (Å²) in [4.78, 5) is 2.74. The van der Waals surface area contributed by atoms with E-state index in [0.717, 1.165) is 19.2 Å². The van der Waals surface area contributed by atoms with E-state index in [9.17, 15) is 0 Å². The second-order valence-electron chi connectivity index (χ2n) is 6.36. The highest BCUT2D eigenvalue weighted by Gasteiger charge is 2.36. The predicted molar refractivity (Wildman–Crippen MR) is 73.8 cm³/mol. The summed E-state index contributed by atoms with van der Waals surface area (Å²) in [5.74, 6) is 0. The van der Waals surface area contributed by atoms with E-state index < -0.39 is 0 Å². The van der Waals surface area contributed by atoms with Crippen molar-refractivity contribution in [3.05, 3.63) is 0 Å². The van der Waals surface area contributed by atoms with Gasteiger partial charge in [-0.15, -0.1) is 0 Å². The smallest absolute Gasteiger partial charge is 0.0731 e. The maximum absolute atomic E-state index is 5.96. The van der Waals surface area contributed by atoms with Crippen LogP contribution in [0.4, 0.5) is 0 Å². The molecule has 1 heterocycles. The van der Waals surface area contributed by atoms with Crippen LogP contribution >= 0.6 is 0 Å². The molecule has 0 radical (unpaired) electrons. The molecule has 3 nitrogen and oxygen atoms in total. The maximum atomic E-state index is 5.96. The molecule has 3 unspecified atom stereocenters. The molecular weight excluding hydrogens is 224 g/mol. The minimum atomic E-state index is 0.534. The van der Waals surface area contributed by atoms with Crippen molar-refractivity contribution in [1.29, 1.82) is 0 Å². The first-order valence-electron chi connectivity index (χ1n) is 7.95. The summed E-state index contributed by atoms with van der Waals surface area (Å²) in [6, 6.07) is 2.28. The second kappa shape index (κ2) is 5.89. The van der Waals surface area contributed by atoms with Crippen LogP contribution in [-0.4, -0.2) is 48.8 Å². The van der Waals surface area contributed by atoms with E-state index in [1.54, 1.807) is 0 Å². The van der Waals surface area contributed by atoms with Gasteiger partial charge in [0.2, 0.25) is 0 Å². The molecule has 3 heteroatoms. The van der Waals surface area contributed by atoms with Gasteiger partial charge in [0.25, 0.3) is 0 Å². The van der Waals surface area contributed by atoms with Gasteiger partial charge in [-0.1, -0.05) is 12.8 Å². The lowest BCUT2D eigenvalue weighted by molar-refractivity contribution is -0.101. The number of ether oxygens (including phenoxy) is 1. The number of morpholine rings is 1. The fourth-order valence-electron chi connectivity index (χ4n) is 3.62. The van der Waals surface area contributed by atoms with Gasteiger partial charge in [0, 0.05) is 24.7 Å².